The molecule has 0 amide bonds. The number of ether oxygens (including phenoxy) is 1. The minimum atomic E-state index is -0.294. The normalized spacial score (nSPS) is 10.6. The Morgan fingerprint density at radius 2 is 1.74 bits per heavy atom. The van der Waals surface area contributed by atoms with Gasteiger partial charge < -0.3 is 4.74 Å². The van der Waals surface area contributed by atoms with Crippen molar-refractivity contribution in [2.75, 3.05) is 6.61 Å². The van der Waals surface area contributed by atoms with Crippen molar-refractivity contribution < 1.29 is 9.53 Å². The zero-order valence-electron chi connectivity index (χ0n) is 10.9. The van der Waals surface area contributed by atoms with Crippen molar-refractivity contribution in [3.8, 4) is 11.1 Å². The van der Waals surface area contributed by atoms with E-state index < -0.39 is 0 Å². The molecule has 0 heterocycles. The summed E-state index contributed by atoms with van der Waals surface area (Å²) in [5.41, 5.74) is 2.51. The number of esters is 1. The standard InChI is InChI=1S/C17H16O2/c1-2-3-13-19-17(18)16-12-8-7-11-15(16)14-9-5-4-6-10-14/h2-12H,13H2,1H3. The third-order valence-electron chi connectivity index (χ3n) is 2.78. The Kier molecular flexibility index (Phi) is 4.51. The van der Waals surface area contributed by atoms with Crippen LogP contribution in [0.5, 0.6) is 0 Å². The van der Waals surface area contributed by atoms with E-state index in [9.17, 15) is 4.79 Å². The highest BCUT2D eigenvalue weighted by Gasteiger charge is 2.12. The lowest BCUT2D eigenvalue weighted by atomic mass is 10.00. The lowest BCUT2D eigenvalue weighted by molar-refractivity contribution is 0.0550. The van der Waals surface area contributed by atoms with Crippen LogP contribution in [0.2, 0.25) is 0 Å². The minimum Gasteiger partial charge on any atom is -0.458 e. The molecule has 0 saturated heterocycles. The van der Waals surface area contributed by atoms with E-state index in [1.807, 2.05) is 67.6 Å². The quantitative estimate of drug-likeness (QED) is 0.605. The van der Waals surface area contributed by atoms with Crippen molar-refractivity contribution in [2.24, 2.45) is 0 Å². The van der Waals surface area contributed by atoms with Gasteiger partial charge in [-0.2, -0.15) is 0 Å². The van der Waals surface area contributed by atoms with Crippen LogP contribution >= 0.6 is 0 Å². The average molecular weight is 252 g/mol. The number of hydrogen-bond acceptors (Lipinski definition) is 2. The van der Waals surface area contributed by atoms with Crippen molar-refractivity contribution in [1.29, 1.82) is 0 Å². The van der Waals surface area contributed by atoms with Gasteiger partial charge in [0.05, 0.1) is 5.56 Å². The van der Waals surface area contributed by atoms with E-state index in [4.69, 9.17) is 4.74 Å². The van der Waals surface area contributed by atoms with Crippen LogP contribution in [0.4, 0.5) is 0 Å². The molecule has 0 aromatic heterocycles. The van der Waals surface area contributed by atoms with Gasteiger partial charge in [0.2, 0.25) is 0 Å². The number of carbonyl (C=O) groups excluding carboxylic acids is 1. The molecule has 2 aromatic rings. The Balaban J connectivity index is 2.29. The number of allylic oxidation sites excluding steroid dienone is 1. The highest BCUT2D eigenvalue weighted by atomic mass is 16.5. The molecule has 0 unspecified atom stereocenters. The number of benzene rings is 2. The molecule has 19 heavy (non-hydrogen) atoms. The van der Waals surface area contributed by atoms with Crippen LogP contribution in [-0.4, -0.2) is 12.6 Å². The highest BCUT2D eigenvalue weighted by Crippen LogP contribution is 2.23. The Morgan fingerprint density at radius 1 is 1.05 bits per heavy atom. The Morgan fingerprint density at radius 3 is 2.47 bits per heavy atom. The third-order valence-corrected chi connectivity index (χ3v) is 2.78. The van der Waals surface area contributed by atoms with E-state index in [0.717, 1.165) is 11.1 Å². The second-order valence-corrected chi connectivity index (χ2v) is 4.08. The molecule has 0 bridgehead atoms. The maximum atomic E-state index is 12.1. The van der Waals surface area contributed by atoms with Crippen molar-refractivity contribution >= 4 is 5.97 Å². The SMILES string of the molecule is CC=CCOC(=O)c1ccccc1-c1ccccc1. The van der Waals surface area contributed by atoms with Crippen molar-refractivity contribution in [2.45, 2.75) is 6.92 Å². The lowest BCUT2D eigenvalue weighted by Crippen LogP contribution is -2.06. The summed E-state index contributed by atoms with van der Waals surface area (Å²) in [6, 6.07) is 17.3. The van der Waals surface area contributed by atoms with E-state index in [-0.39, 0.29) is 5.97 Å². The molecular weight excluding hydrogens is 236 g/mol. The van der Waals surface area contributed by atoms with E-state index >= 15 is 0 Å². The molecule has 2 nitrogen and oxygen atoms in total. The Hall–Kier alpha value is -2.35. The van der Waals surface area contributed by atoms with Crippen LogP contribution < -0.4 is 0 Å². The Labute approximate surface area is 113 Å². The van der Waals surface area contributed by atoms with Gasteiger partial charge in [0.25, 0.3) is 0 Å². The molecule has 0 fully saturated rings. The zero-order chi connectivity index (χ0) is 13.5. The van der Waals surface area contributed by atoms with Crippen molar-refractivity contribution in [3.63, 3.8) is 0 Å². The fraction of sp³-hybridized carbons (Fsp3) is 0.118. The third kappa shape index (κ3) is 3.32. The molecule has 0 N–H and O–H groups in total. The number of hydrogen-bond donors (Lipinski definition) is 0. The van der Waals surface area contributed by atoms with Crippen LogP contribution in [0.25, 0.3) is 11.1 Å². The molecule has 0 atom stereocenters. The fourth-order valence-electron chi connectivity index (χ4n) is 1.83. The van der Waals surface area contributed by atoms with Gasteiger partial charge in [0, 0.05) is 0 Å². The van der Waals surface area contributed by atoms with Crippen LogP contribution in [0.1, 0.15) is 17.3 Å². The van der Waals surface area contributed by atoms with E-state index in [1.165, 1.54) is 0 Å². The predicted molar refractivity (Wildman–Crippen MR) is 77.0 cm³/mol. The van der Waals surface area contributed by atoms with E-state index in [1.54, 1.807) is 6.07 Å². The molecule has 0 aliphatic rings. The molecule has 2 heteroatoms. The fourth-order valence-corrected chi connectivity index (χ4v) is 1.83. The monoisotopic (exact) mass is 252 g/mol. The van der Waals surface area contributed by atoms with Gasteiger partial charge in [-0.3, -0.25) is 0 Å². The zero-order valence-corrected chi connectivity index (χ0v) is 10.9. The average Bonchev–Trinajstić information content (AvgIpc) is 2.48. The lowest BCUT2D eigenvalue weighted by Gasteiger charge is -2.08. The van der Waals surface area contributed by atoms with Gasteiger partial charge in [-0.25, -0.2) is 4.79 Å². The molecule has 0 spiro atoms. The van der Waals surface area contributed by atoms with Gasteiger partial charge in [0.1, 0.15) is 6.61 Å². The second-order valence-electron chi connectivity index (χ2n) is 4.08. The molecular formula is C17H16O2. The maximum Gasteiger partial charge on any atom is 0.339 e. The van der Waals surface area contributed by atoms with Crippen LogP contribution in [0.15, 0.2) is 66.7 Å². The van der Waals surface area contributed by atoms with Gasteiger partial charge in [-0.15, -0.1) is 0 Å². The smallest absolute Gasteiger partial charge is 0.339 e. The molecule has 0 radical (unpaired) electrons. The molecule has 2 rings (SSSR count). The molecule has 0 aliphatic carbocycles. The minimum absolute atomic E-state index is 0.294. The van der Waals surface area contributed by atoms with Gasteiger partial charge in [0.15, 0.2) is 0 Å². The largest absolute Gasteiger partial charge is 0.458 e. The molecule has 96 valence electrons. The first-order chi connectivity index (χ1) is 9.33. The predicted octanol–water partition coefficient (Wildman–Crippen LogP) is 4.09. The topological polar surface area (TPSA) is 26.3 Å². The maximum absolute atomic E-state index is 12.1. The molecule has 0 aliphatic heterocycles. The second kappa shape index (κ2) is 6.55. The summed E-state index contributed by atoms with van der Waals surface area (Å²) >= 11 is 0. The summed E-state index contributed by atoms with van der Waals surface area (Å²) in [7, 11) is 0. The first-order valence-electron chi connectivity index (χ1n) is 6.25. The summed E-state index contributed by atoms with van der Waals surface area (Å²) in [5, 5.41) is 0. The van der Waals surface area contributed by atoms with Gasteiger partial charge >= 0.3 is 5.97 Å². The summed E-state index contributed by atoms with van der Waals surface area (Å²) in [6.45, 7) is 2.20. The summed E-state index contributed by atoms with van der Waals surface area (Å²) in [5.74, 6) is -0.294. The first kappa shape index (κ1) is 13.1. The number of rotatable bonds is 4. The number of carbonyl (C=O) groups is 1. The van der Waals surface area contributed by atoms with Crippen molar-refractivity contribution in [3.05, 3.63) is 72.3 Å². The highest BCUT2D eigenvalue weighted by molar-refractivity contribution is 5.97. The van der Waals surface area contributed by atoms with E-state index in [2.05, 4.69) is 0 Å². The summed E-state index contributed by atoms with van der Waals surface area (Å²) in [4.78, 5) is 12.1. The van der Waals surface area contributed by atoms with Gasteiger partial charge in [-0.05, 0) is 24.1 Å². The summed E-state index contributed by atoms with van der Waals surface area (Å²) in [6.07, 6.45) is 3.67. The molecule has 2 aromatic carbocycles. The van der Waals surface area contributed by atoms with Gasteiger partial charge in [-0.1, -0.05) is 60.7 Å². The summed E-state index contributed by atoms with van der Waals surface area (Å²) < 4.78 is 5.20. The van der Waals surface area contributed by atoms with Crippen molar-refractivity contribution in [1.82, 2.24) is 0 Å². The van der Waals surface area contributed by atoms with Crippen LogP contribution in [0.3, 0.4) is 0 Å². The Bertz CT molecular complexity index is 571. The van der Waals surface area contributed by atoms with Crippen LogP contribution in [-0.2, 0) is 4.74 Å². The van der Waals surface area contributed by atoms with E-state index in [0.29, 0.717) is 12.2 Å². The first-order valence-corrected chi connectivity index (χ1v) is 6.25. The molecule has 0 saturated carbocycles. The van der Waals surface area contributed by atoms with Crippen LogP contribution in [0, 0.1) is 0 Å².